The van der Waals surface area contributed by atoms with Crippen molar-refractivity contribution in [3.8, 4) is 0 Å². The molecule has 0 fully saturated rings. The van der Waals surface area contributed by atoms with Crippen LogP contribution in [0.5, 0.6) is 0 Å². The fourth-order valence-corrected chi connectivity index (χ4v) is 0.749. The molecule has 4 N–H and O–H groups in total. The van der Waals surface area contributed by atoms with Gasteiger partial charge in [-0.3, -0.25) is 0 Å². The molecule has 0 saturated heterocycles. The van der Waals surface area contributed by atoms with Gasteiger partial charge in [-0.25, -0.2) is 4.98 Å². The molecule has 1 aromatic heterocycles. The van der Waals surface area contributed by atoms with Gasteiger partial charge in [0.2, 0.25) is 0 Å². The van der Waals surface area contributed by atoms with Crippen LogP contribution in [0.4, 0.5) is 0 Å². The fourth-order valence-electron chi connectivity index (χ4n) is 0.749. The number of hydrogen-bond acceptors (Lipinski definition) is 3. The lowest BCUT2D eigenvalue weighted by Gasteiger charge is -2.08. The van der Waals surface area contributed by atoms with Crippen LogP contribution in [0.3, 0.4) is 0 Å². The van der Waals surface area contributed by atoms with E-state index in [4.69, 9.17) is 5.73 Å². The van der Waals surface area contributed by atoms with E-state index in [1.165, 1.54) is 0 Å². The number of hydrogen-bond donors (Lipinski definition) is 3. The van der Waals surface area contributed by atoms with Crippen molar-refractivity contribution in [2.75, 3.05) is 6.54 Å². The number of rotatable bonds is 4. The van der Waals surface area contributed by atoms with Crippen LogP contribution < -0.4 is 11.1 Å². The molecule has 1 aromatic rings. The van der Waals surface area contributed by atoms with E-state index in [1.807, 2.05) is 13.1 Å². The maximum absolute atomic E-state index is 5.42. The summed E-state index contributed by atoms with van der Waals surface area (Å²) in [5.41, 5.74) is 5.42. The summed E-state index contributed by atoms with van der Waals surface area (Å²) in [5, 5.41) is 3.22. The minimum atomic E-state index is 0.347. The zero-order chi connectivity index (χ0) is 8.10. The molecule has 62 valence electrons. The number of nitrogens with one attached hydrogen (secondary N) is 2. The summed E-state index contributed by atoms with van der Waals surface area (Å²) in [7, 11) is 0. The molecule has 0 aliphatic carbocycles. The van der Waals surface area contributed by atoms with Gasteiger partial charge in [-0.05, 0) is 6.92 Å². The third-order valence-corrected chi connectivity index (χ3v) is 1.53. The smallest absolute Gasteiger partial charge is 0.120 e. The first kappa shape index (κ1) is 8.23. The van der Waals surface area contributed by atoms with Crippen molar-refractivity contribution in [2.45, 2.75) is 19.5 Å². The quantitative estimate of drug-likeness (QED) is 0.565. The molecule has 0 aromatic carbocycles. The Kier molecular flexibility index (Phi) is 3.07. The SMILES string of the molecule is CC(CN)NCc1ncc[nH]1. The largest absolute Gasteiger partial charge is 0.348 e. The lowest BCUT2D eigenvalue weighted by atomic mass is 10.3. The minimum Gasteiger partial charge on any atom is -0.348 e. The van der Waals surface area contributed by atoms with E-state index in [0.29, 0.717) is 12.6 Å². The van der Waals surface area contributed by atoms with Crippen molar-refractivity contribution in [1.29, 1.82) is 0 Å². The highest BCUT2D eigenvalue weighted by Gasteiger charge is 1.98. The Hall–Kier alpha value is -0.870. The summed E-state index contributed by atoms with van der Waals surface area (Å²) in [5.74, 6) is 0.949. The van der Waals surface area contributed by atoms with E-state index >= 15 is 0 Å². The zero-order valence-electron chi connectivity index (χ0n) is 6.67. The average molecular weight is 154 g/mol. The molecule has 0 amide bonds. The minimum absolute atomic E-state index is 0.347. The number of imidazole rings is 1. The highest BCUT2D eigenvalue weighted by atomic mass is 15.0. The van der Waals surface area contributed by atoms with Crippen LogP contribution >= 0.6 is 0 Å². The maximum Gasteiger partial charge on any atom is 0.120 e. The van der Waals surface area contributed by atoms with E-state index in [2.05, 4.69) is 15.3 Å². The highest BCUT2D eigenvalue weighted by molar-refractivity contribution is 4.86. The van der Waals surface area contributed by atoms with Gasteiger partial charge >= 0.3 is 0 Å². The summed E-state index contributed by atoms with van der Waals surface area (Å²) < 4.78 is 0. The molecule has 1 atom stereocenters. The van der Waals surface area contributed by atoms with Gasteiger partial charge in [-0.15, -0.1) is 0 Å². The van der Waals surface area contributed by atoms with E-state index < -0.39 is 0 Å². The molecule has 0 bridgehead atoms. The number of aromatic nitrogens is 2. The zero-order valence-corrected chi connectivity index (χ0v) is 6.67. The monoisotopic (exact) mass is 154 g/mol. The van der Waals surface area contributed by atoms with Crippen molar-refractivity contribution in [1.82, 2.24) is 15.3 Å². The number of H-pyrrole nitrogens is 1. The first-order chi connectivity index (χ1) is 5.33. The summed E-state index contributed by atoms with van der Waals surface area (Å²) in [4.78, 5) is 7.07. The van der Waals surface area contributed by atoms with Gasteiger partial charge in [0.1, 0.15) is 5.82 Å². The van der Waals surface area contributed by atoms with Crippen molar-refractivity contribution in [3.05, 3.63) is 18.2 Å². The molecule has 4 nitrogen and oxygen atoms in total. The van der Waals surface area contributed by atoms with Gasteiger partial charge in [-0.1, -0.05) is 0 Å². The van der Waals surface area contributed by atoms with Crippen LogP contribution in [0.1, 0.15) is 12.7 Å². The van der Waals surface area contributed by atoms with Crippen LogP contribution in [0.15, 0.2) is 12.4 Å². The average Bonchev–Trinajstić information content (AvgIpc) is 2.52. The van der Waals surface area contributed by atoms with Crippen LogP contribution in [-0.4, -0.2) is 22.6 Å². The third kappa shape index (κ3) is 2.69. The van der Waals surface area contributed by atoms with Crippen molar-refractivity contribution in [3.63, 3.8) is 0 Å². The highest BCUT2D eigenvalue weighted by Crippen LogP contribution is 1.87. The van der Waals surface area contributed by atoms with Gasteiger partial charge < -0.3 is 16.0 Å². The summed E-state index contributed by atoms with van der Waals surface area (Å²) in [6.07, 6.45) is 3.55. The number of nitrogens with zero attached hydrogens (tertiary/aromatic N) is 1. The van der Waals surface area contributed by atoms with E-state index in [0.717, 1.165) is 12.4 Å². The molecule has 11 heavy (non-hydrogen) atoms. The number of aromatic amines is 1. The van der Waals surface area contributed by atoms with Crippen LogP contribution in [0.2, 0.25) is 0 Å². The molecule has 0 radical (unpaired) electrons. The van der Waals surface area contributed by atoms with E-state index in [9.17, 15) is 0 Å². The Labute approximate surface area is 66.2 Å². The molecule has 1 heterocycles. The Balaban J connectivity index is 2.23. The van der Waals surface area contributed by atoms with Gasteiger partial charge in [0.25, 0.3) is 0 Å². The first-order valence-corrected chi connectivity index (χ1v) is 3.74. The first-order valence-electron chi connectivity index (χ1n) is 3.74. The van der Waals surface area contributed by atoms with E-state index in [1.54, 1.807) is 6.20 Å². The Morgan fingerprint density at radius 3 is 3.18 bits per heavy atom. The lowest BCUT2D eigenvalue weighted by Crippen LogP contribution is -2.32. The second kappa shape index (κ2) is 4.10. The van der Waals surface area contributed by atoms with Gasteiger partial charge in [0.05, 0.1) is 6.54 Å². The summed E-state index contributed by atoms with van der Waals surface area (Å²) >= 11 is 0. The lowest BCUT2D eigenvalue weighted by molar-refractivity contribution is 0.546. The maximum atomic E-state index is 5.42. The third-order valence-electron chi connectivity index (χ3n) is 1.53. The molecule has 0 saturated carbocycles. The summed E-state index contributed by atoms with van der Waals surface area (Å²) in [6, 6.07) is 0.347. The van der Waals surface area contributed by atoms with Crippen molar-refractivity contribution in [2.24, 2.45) is 5.73 Å². The van der Waals surface area contributed by atoms with Crippen LogP contribution in [-0.2, 0) is 6.54 Å². The topological polar surface area (TPSA) is 66.7 Å². The normalized spacial score (nSPS) is 13.3. The van der Waals surface area contributed by atoms with E-state index in [-0.39, 0.29) is 0 Å². The van der Waals surface area contributed by atoms with Crippen LogP contribution in [0.25, 0.3) is 0 Å². The molecule has 0 aliphatic heterocycles. The molecule has 1 rings (SSSR count). The molecular formula is C7H14N4. The Bertz CT molecular complexity index is 182. The predicted octanol–water partition coefficient (Wildman–Crippen LogP) is -0.153. The second-order valence-electron chi connectivity index (χ2n) is 2.55. The fraction of sp³-hybridized carbons (Fsp3) is 0.571. The molecule has 1 unspecified atom stereocenters. The van der Waals surface area contributed by atoms with Gasteiger partial charge in [0, 0.05) is 25.0 Å². The number of nitrogens with two attached hydrogens (primary N) is 1. The molecule has 4 heteroatoms. The standard InChI is InChI=1S/C7H14N4/c1-6(4-8)11-5-7-9-2-3-10-7/h2-3,6,11H,4-5,8H2,1H3,(H,9,10). The summed E-state index contributed by atoms with van der Waals surface area (Å²) in [6.45, 7) is 3.45. The predicted molar refractivity (Wildman–Crippen MR) is 43.9 cm³/mol. The Morgan fingerprint density at radius 2 is 2.64 bits per heavy atom. The molecular weight excluding hydrogens is 140 g/mol. The molecule has 0 aliphatic rings. The second-order valence-corrected chi connectivity index (χ2v) is 2.55. The van der Waals surface area contributed by atoms with Crippen molar-refractivity contribution < 1.29 is 0 Å². The van der Waals surface area contributed by atoms with Gasteiger partial charge in [0.15, 0.2) is 0 Å². The van der Waals surface area contributed by atoms with Crippen LogP contribution in [0, 0.1) is 0 Å². The van der Waals surface area contributed by atoms with Crippen molar-refractivity contribution >= 4 is 0 Å². The molecule has 0 spiro atoms. The Morgan fingerprint density at radius 1 is 1.82 bits per heavy atom. The van der Waals surface area contributed by atoms with Gasteiger partial charge in [-0.2, -0.15) is 0 Å².